The average Bonchev–Trinajstić information content (AvgIpc) is 3.24. The van der Waals surface area contributed by atoms with Crippen molar-refractivity contribution in [2.75, 3.05) is 6.54 Å². The van der Waals surface area contributed by atoms with Crippen LogP contribution in [0.15, 0.2) is 42.6 Å². The Morgan fingerprint density at radius 1 is 1.23 bits per heavy atom. The predicted molar refractivity (Wildman–Crippen MR) is 108 cm³/mol. The Bertz CT molecular complexity index is 1060. The van der Waals surface area contributed by atoms with Crippen molar-refractivity contribution in [3.8, 4) is 11.4 Å². The first kappa shape index (κ1) is 21.9. The summed E-state index contributed by atoms with van der Waals surface area (Å²) in [4.78, 5) is 12.8. The number of hydrogen-bond acceptors (Lipinski definition) is 3. The molecule has 0 aliphatic rings. The van der Waals surface area contributed by atoms with Crippen LogP contribution in [0.3, 0.4) is 0 Å². The van der Waals surface area contributed by atoms with Gasteiger partial charge in [0.2, 0.25) is 0 Å². The van der Waals surface area contributed by atoms with Gasteiger partial charge in [0.25, 0.3) is 5.91 Å². The maximum atomic E-state index is 13.3. The Hall–Kier alpha value is -2.78. The lowest BCUT2D eigenvalue weighted by Gasteiger charge is -2.19. The maximum absolute atomic E-state index is 13.3. The minimum Gasteiger partial charge on any atom is -0.348 e. The number of aryl methyl sites for hydroxylation is 1. The van der Waals surface area contributed by atoms with E-state index in [2.05, 4.69) is 10.4 Å². The van der Waals surface area contributed by atoms with Crippen LogP contribution in [0.4, 0.5) is 13.2 Å². The summed E-state index contributed by atoms with van der Waals surface area (Å²) in [6, 6.07) is 7.94. The Morgan fingerprint density at radius 3 is 2.53 bits per heavy atom. The number of alkyl halides is 3. The highest BCUT2D eigenvalue weighted by atomic mass is 35.5. The highest BCUT2D eigenvalue weighted by Crippen LogP contribution is 2.32. The van der Waals surface area contributed by atoms with E-state index in [0.717, 1.165) is 11.8 Å². The summed E-state index contributed by atoms with van der Waals surface area (Å²) in [7, 11) is 3.47. The van der Waals surface area contributed by atoms with Crippen LogP contribution < -0.4 is 11.1 Å². The minimum atomic E-state index is -4.49. The first-order chi connectivity index (χ1) is 14.1. The van der Waals surface area contributed by atoms with Crippen LogP contribution in [-0.2, 0) is 26.7 Å². The fourth-order valence-corrected chi connectivity index (χ4v) is 3.54. The number of nitrogens with zero attached hydrogens (tertiary/aromatic N) is 3. The number of aromatic nitrogens is 3. The number of carbonyl (C=O) groups excluding carboxylic acids is 1. The zero-order chi connectivity index (χ0) is 22.1. The Morgan fingerprint density at radius 2 is 1.93 bits per heavy atom. The third kappa shape index (κ3) is 4.36. The SMILES string of the molecule is Cn1nccc1-c1cc(C(=O)NC(CN)Cc2ccccc2C(F)(F)F)c(Cl)n1C. The molecule has 1 aromatic carbocycles. The van der Waals surface area contributed by atoms with E-state index in [1.807, 2.05) is 0 Å². The highest BCUT2D eigenvalue weighted by Gasteiger charge is 2.33. The van der Waals surface area contributed by atoms with Crippen molar-refractivity contribution in [1.82, 2.24) is 19.7 Å². The number of hydrogen-bond donors (Lipinski definition) is 2. The zero-order valence-corrected chi connectivity index (χ0v) is 17.1. The molecule has 3 rings (SSSR count). The predicted octanol–water partition coefficient (Wildman–Crippen LogP) is 3.40. The van der Waals surface area contributed by atoms with Gasteiger partial charge in [0.1, 0.15) is 5.15 Å². The number of nitrogens with two attached hydrogens (primary N) is 1. The molecule has 0 aliphatic heterocycles. The van der Waals surface area contributed by atoms with Crippen molar-refractivity contribution in [2.24, 2.45) is 19.8 Å². The van der Waals surface area contributed by atoms with Gasteiger partial charge < -0.3 is 15.6 Å². The van der Waals surface area contributed by atoms with Crippen LogP contribution in [0, 0.1) is 0 Å². The van der Waals surface area contributed by atoms with Gasteiger partial charge in [-0.3, -0.25) is 9.48 Å². The fraction of sp³-hybridized carbons (Fsp3) is 0.300. The molecule has 3 aromatic rings. The molecule has 2 heterocycles. The molecule has 0 spiro atoms. The number of nitrogens with one attached hydrogen (secondary N) is 1. The second-order valence-electron chi connectivity index (χ2n) is 6.90. The third-order valence-corrected chi connectivity index (χ3v) is 5.35. The van der Waals surface area contributed by atoms with E-state index < -0.39 is 23.7 Å². The standard InChI is InChI=1S/C20H21ClF3N5O/c1-28-17(16-7-8-26-29(16)2)10-14(18(28)21)19(30)27-13(11-25)9-12-5-3-4-6-15(12)20(22,23)24/h3-8,10,13H,9,11,25H2,1-2H3,(H,27,30). The van der Waals surface area contributed by atoms with Gasteiger partial charge in [0.15, 0.2) is 0 Å². The number of rotatable bonds is 6. The Labute approximate surface area is 176 Å². The summed E-state index contributed by atoms with van der Waals surface area (Å²) in [5, 5.41) is 7.01. The average molecular weight is 440 g/mol. The van der Waals surface area contributed by atoms with E-state index in [4.69, 9.17) is 17.3 Å². The lowest BCUT2D eigenvalue weighted by molar-refractivity contribution is -0.138. The van der Waals surface area contributed by atoms with Crippen molar-refractivity contribution in [3.63, 3.8) is 0 Å². The van der Waals surface area contributed by atoms with Gasteiger partial charge >= 0.3 is 6.18 Å². The molecule has 2 aromatic heterocycles. The molecule has 3 N–H and O–H groups in total. The molecule has 0 aliphatic carbocycles. The second-order valence-corrected chi connectivity index (χ2v) is 7.26. The molecule has 1 atom stereocenters. The van der Waals surface area contributed by atoms with Crippen molar-refractivity contribution >= 4 is 17.5 Å². The first-order valence-corrected chi connectivity index (χ1v) is 9.51. The summed E-state index contributed by atoms with van der Waals surface area (Å²) in [6.45, 7) is -0.0308. The minimum absolute atomic E-state index is 0.0308. The van der Waals surface area contributed by atoms with Gasteiger partial charge in [-0.1, -0.05) is 29.8 Å². The van der Waals surface area contributed by atoms with Crippen molar-refractivity contribution in [1.29, 1.82) is 0 Å². The van der Waals surface area contributed by atoms with Crippen LogP contribution in [0.2, 0.25) is 5.15 Å². The van der Waals surface area contributed by atoms with Gasteiger partial charge in [0.05, 0.1) is 22.5 Å². The molecule has 0 saturated heterocycles. The summed E-state index contributed by atoms with van der Waals surface area (Å²) < 4.78 is 43.0. The number of amides is 1. The molecular formula is C20H21ClF3N5O. The van der Waals surface area contributed by atoms with E-state index >= 15 is 0 Å². The second kappa shape index (κ2) is 8.53. The molecule has 30 heavy (non-hydrogen) atoms. The van der Waals surface area contributed by atoms with Crippen LogP contribution in [0.25, 0.3) is 11.4 Å². The van der Waals surface area contributed by atoms with E-state index in [-0.39, 0.29) is 29.2 Å². The molecule has 1 amide bonds. The van der Waals surface area contributed by atoms with Gasteiger partial charge in [-0.2, -0.15) is 18.3 Å². The highest BCUT2D eigenvalue weighted by molar-refractivity contribution is 6.33. The Kier molecular flexibility index (Phi) is 6.23. The van der Waals surface area contributed by atoms with Crippen molar-refractivity contribution in [3.05, 3.63) is 64.4 Å². The number of benzene rings is 1. The largest absolute Gasteiger partial charge is 0.416 e. The van der Waals surface area contributed by atoms with Gasteiger partial charge in [-0.25, -0.2) is 0 Å². The van der Waals surface area contributed by atoms with Crippen LogP contribution in [0.1, 0.15) is 21.5 Å². The molecule has 6 nitrogen and oxygen atoms in total. The lowest BCUT2D eigenvalue weighted by Crippen LogP contribution is -2.42. The zero-order valence-electron chi connectivity index (χ0n) is 16.4. The van der Waals surface area contributed by atoms with Gasteiger partial charge in [-0.15, -0.1) is 0 Å². The first-order valence-electron chi connectivity index (χ1n) is 9.13. The summed E-state index contributed by atoms with van der Waals surface area (Å²) in [6.07, 6.45) is -2.92. The lowest BCUT2D eigenvalue weighted by atomic mass is 9.99. The van der Waals surface area contributed by atoms with Crippen LogP contribution >= 0.6 is 11.6 Å². The Balaban J connectivity index is 1.83. The summed E-state index contributed by atoms with van der Waals surface area (Å²) in [5.74, 6) is -0.510. The van der Waals surface area contributed by atoms with Crippen molar-refractivity contribution < 1.29 is 18.0 Å². The monoisotopic (exact) mass is 439 g/mol. The quantitative estimate of drug-likeness (QED) is 0.618. The number of halogens is 4. The van der Waals surface area contributed by atoms with E-state index in [0.29, 0.717) is 5.69 Å². The molecule has 160 valence electrons. The molecule has 10 heteroatoms. The summed E-state index contributed by atoms with van der Waals surface area (Å²) >= 11 is 6.34. The van der Waals surface area contributed by atoms with Gasteiger partial charge in [0, 0.05) is 32.9 Å². The smallest absolute Gasteiger partial charge is 0.348 e. The van der Waals surface area contributed by atoms with Crippen LogP contribution in [-0.4, -0.2) is 32.8 Å². The molecule has 1 unspecified atom stereocenters. The normalized spacial score (nSPS) is 12.8. The van der Waals surface area contributed by atoms with E-state index in [1.54, 1.807) is 41.7 Å². The fourth-order valence-electron chi connectivity index (χ4n) is 3.31. The van der Waals surface area contributed by atoms with E-state index in [9.17, 15) is 18.0 Å². The van der Waals surface area contributed by atoms with E-state index in [1.165, 1.54) is 18.2 Å². The van der Waals surface area contributed by atoms with Crippen LogP contribution in [0.5, 0.6) is 0 Å². The summed E-state index contributed by atoms with van der Waals surface area (Å²) in [5.41, 5.74) is 6.70. The molecule has 0 radical (unpaired) electrons. The van der Waals surface area contributed by atoms with Crippen molar-refractivity contribution in [2.45, 2.75) is 18.6 Å². The molecule has 0 saturated carbocycles. The number of carbonyl (C=O) groups is 1. The van der Waals surface area contributed by atoms with Gasteiger partial charge in [-0.05, 0) is 30.2 Å². The maximum Gasteiger partial charge on any atom is 0.416 e. The molecule has 0 bridgehead atoms. The topological polar surface area (TPSA) is 77.9 Å². The molecular weight excluding hydrogens is 419 g/mol. The third-order valence-electron chi connectivity index (χ3n) is 4.90. The molecule has 0 fully saturated rings.